The van der Waals surface area contributed by atoms with Crippen molar-refractivity contribution in [2.24, 2.45) is 0 Å². The van der Waals surface area contributed by atoms with E-state index in [1.54, 1.807) is 37.9 Å². The predicted molar refractivity (Wildman–Crippen MR) is 83.6 cm³/mol. The summed E-state index contributed by atoms with van der Waals surface area (Å²) >= 11 is 1.46. The molecular formula is C15H17N3O3S. The highest BCUT2D eigenvalue weighted by molar-refractivity contribution is 7.09. The van der Waals surface area contributed by atoms with Crippen LogP contribution in [0.1, 0.15) is 34.4 Å². The molecule has 3 heterocycles. The normalized spacial score (nSPS) is 17.5. The van der Waals surface area contributed by atoms with E-state index < -0.39 is 0 Å². The second kappa shape index (κ2) is 6.41. The highest BCUT2D eigenvalue weighted by Gasteiger charge is 2.25. The standard InChI is InChI=1S/C15H17N3O3S/c1-18(13-11(20-2)5-3-7-16-13)15(19)10-9-22-14(17-10)12-6-4-8-21-12/h3,5,7,9,12H,4,6,8H2,1-2H3. The van der Waals surface area contributed by atoms with Gasteiger partial charge in [-0.3, -0.25) is 9.69 Å². The van der Waals surface area contributed by atoms with Crippen LogP contribution in [0.5, 0.6) is 5.75 Å². The smallest absolute Gasteiger partial charge is 0.278 e. The van der Waals surface area contributed by atoms with Gasteiger partial charge in [0.15, 0.2) is 11.6 Å². The number of pyridine rings is 1. The van der Waals surface area contributed by atoms with Gasteiger partial charge in [0.1, 0.15) is 16.8 Å². The van der Waals surface area contributed by atoms with Crippen LogP contribution >= 0.6 is 11.3 Å². The number of amides is 1. The molecule has 22 heavy (non-hydrogen) atoms. The van der Waals surface area contributed by atoms with Crippen LogP contribution in [0, 0.1) is 0 Å². The van der Waals surface area contributed by atoms with Gasteiger partial charge in [-0.15, -0.1) is 11.3 Å². The molecule has 0 N–H and O–H groups in total. The largest absolute Gasteiger partial charge is 0.493 e. The van der Waals surface area contributed by atoms with E-state index in [2.05, 4.69) is 9.97 Å². The summed E-state index contributed by atoms with van der Waals surface area (Å²) in [4.78, 5) is 22.7. The van der Waals surface area contributed by atoms with E-state index in [-0.39, 0.29) is 12.0 Å². The number of methoxy groups -OCH3 is 1. The SMILES string of the molecule is COc1cccnc1N(C)C(=O)c1csc(C2CCCO2)n1. The number of ether oxygens (including phenoxy) is 2. The Bertz CT molecular complexity index is 668. The van der Waals surface area contributed by atoms with E-state index in [0.29, 0.717) is 17.3 Å². The van der Waals surface area contributed by atoms with Gasteiger partial charge in [0, 0.05) is 25.2 Å². The van der Waals surface area contributed by atoms with Crippen LogP contribution < -0.4 is 9.64 Å². The number of thiazole rings is 1. The van der Waals surface area contributed by atoms with E-state index in [9.17, 15) is 4.79 Å². The average Bonchev–Trinajstić information content (AvgIpc) is 3.24. The zero-order valence-corrected chi connectivity index (χ0v) is 13.3. The molecule has 3 rings (SSSR count). The molecule has 1 atom stereocenters. The zero-order valence-electron chi connectivity index (χ0n) is 12.5. The molecule has 0 aliphatic carbocycles. The molecule has 0 spiro atoms. The minimum absolute atomic E-state index is 0.0289. The van der Waals surface area contributed by atoms with Crippen molar-refractivity contribution in [3.8, 4) is 5.75 Å². The Morgan fingerprint density at radius 1 is 1.55 bits per heavy atom. The number of nitrogens with zero attached hydrogens (tertiary/aromatic N) is 3. The zero-order chi connectivity index (χ0) is 15.5. The molecule has 2 aromatic heterocycles. The Hall–Kier alpha value is -1.99. The lowest BCUT2D eigenvalue weighted by molar-refractivity contribution is 0.0983. The third-order valence-electron chi connectivity index (χ3n) is 3.54. The van der Waals surface area contributed by atoms with Crippen LogP contribution in [0.4, 0.5) is 5.82 Å². The maximum absolute atomic E-state index is 12.6. The highest BCUT2D eigenvalue weighted by Crippen LogP contribution is 2.31. The second-order valence-corrected chi connectivity index (χ2v) is 5.86. The van der Waals surface area contributed by atoms with Crippen molar-refractivity contribution in [1.82, 2.24) is 9.97 Å². The van der Waals surface area contributed by atoms with E-state index in [0.717, 1.165) is 24.5 Å². The first-order valence-electron chi connectivity index (χ1n) is 7.05. The molecule has 1 aliphatic heterocycles. The van der Waals surface area contributed by atoms with Crippen molar-refractivity contribution in [3.05, 3.63) is 34.4 Å². The maximum atomic E-state index is 12.6. The number of hydrogen-bond acceptors (Lipinski definition) is 6. The third kappa shape index (κ3) is 2.82. The molecule has 1 saturated heterocycles. The van der Waals surface area contributed by atoms with E-state index in [1.165, 1.54) is 16.2 Å². The van der Waals surface area contributed by atoms with Gasteiger partial charge in [0.2, 0.25) is 0 Å². The fraction of sp³-hybridized carbons (Fsp3) is 0.400. The Morgan fingerprint density at radius 2 is 2.41 bits per heavy atom. The van der Waals surface area contributed by atoms with Crippen molar-refractivity contribution < 1.29 is 14.3 Å². The van der Waals surface area contributed by atoms with Gasteiger partial charge in [-0.25, -0.2) is 9.97 Å². The maximum Gasteiger partial charge on any atom is 0.278 e. The Kier molecular flexibility index (Phi) is 4.35. The van der Waals surface area contributed by atoms with Gasteiger partial charge < -0.3 is 9.47 Å². The summed E-state index contributed by atoms with van der Waals surface area (Å²) in [5.74, 6) is 0.812. The number of anilines is 1. The second-order valence-electron chi connectivity index (χ2n) is 4.97. The van der Waals surface area contributed by atoms with E-state index in [1.807, 2.05) is 0 Å². The fourth-order valence-corrected chi connectivity index (χ4v) is 3.24. The number of hydrogen-bond donors (Lipinski definition) is 0. The Morgan fingerprint density at radius 3 is 3.14 bits per heavy atom. The summed E-state index contributed by atoms with van der Waals surface area (Å²) in [5, 5.41) is 2.63. The van der Waals surface area contributed by atoms with Crippen LogP contribution in [0.15, 0.2) is 23.7 Å². The fourth-order valence-electron chi connectivity index (χ4n) is 2.37. The molecule has 2 aromatic rings. The van der Waals surface area contributed by atoms with Crippen molar-refractivity contribution in [3.63, 3.8) is 0 Å². The Balaban J connectivity index is 1.81. The summed E-state index contributed by atoms with van der Waals surface area (Å²) < 4.78 is 10.8. The molecule has 7 heteroatoms. The monoisotopic (exact) mass is 319 g/mol. The van der Waals surface area contributed by atoms with Gasteiger partial charge in [0.25, 0.3) is 5.91 Å². The third-order valence-corrected chi connectivity index (χ3v) is 4.48. The molecule has 0 aromatic carbocycles. The first kappa shape index (κ1) is 14.9. The van der Waals surface area contributed by atoms with Crippen molar-refractivity contribution in [1.29, 1.82) is 0 Å². The van der Waals surface area contributed by atoms with Crippen molar-refractivity contribution >= 4 is 23.1 Å². The number of carbonyl (C=O) groups excluding carboxylic acids is 1. The minimum atomic E-state index is -0.211. The van der Waals surface area contributed by atoms with Gasteiger partial charge >= 0.3 is 0 Å². The molecule has 0 saturated carbocycles. The summed E-state index contributed by atoms with van der Waals surface area (Å²) in [5.41, 5.74) is 0.408. The van der Waals surface area contributed by atoms with Crippen LogP contribution in [0.2, 0.25) is 0 Å². The lowest BCUT2D eigenvalue weighted by Gasteiger charge is -2.17. The summed E-state index contributed by atoms with van der Waals surface area (Å²) in [6.45, 7) is 0.762. The van der Waals surface area contributed by atoms with Crippen LogP contribution in [-0.2, 0) is 4.74 Å². The van der Waals surface area contributed by atoms with Gasteiger partial charge in [0.05, 0.1) is 7.11 Å². The van der Waals surface area contributed by atoms with Gasteiger partial charge in [-0.05, 0) is 25.0 Å². The lowest BCUT2D eigenvalue weighted by Crippen LogP contribution is -2.27. The molecule has 1 amide bonds. The first-order chi connectivity index (χ1) is 10.7. The van der Waals surface area contributed by atoms with Crippen molar-refractivity contribution in [2.75, 3.05) is 25.7 Å². The van der Waals surface area contributed by atoms with E-state index in [4.69, 9.17) is 9.47 Å². The summed E-state index contributed by atoms with van der Waals surface area (Å²) in [6, 6.07) is 3.53. The average molecular weight is 319 g/mol. The molecule has 0 bridgehead atoms. The van der Waals surface area contributed by atoms with Crippen LogP contribution in [0.25, 0.3) is 0 Å². The quantitative estimate of drug-likeness (QED) is 0.867. The predicted octanol–water partition coefficient (Wildman–Crippen LogP) is 2.67. The lowest BCUT2D eigenvalue weighted by atomic mass is 10.2. The number of carbonyl (C=O) groups is 1. The van der Waals surface area contributed by atoms with Gasteiger partial charge in [-0.2, -0.15) is 0 Å². The molecule has 1 aliphatic rings. The topological polar surface area (TPSA) is 64.5 Å². The number of rotatable bonds is 4. The summed E-state index contributed by atoms with van der Waals surface area (Å²) in [6.07, 6.45) is 3.66. The van der Waals surface area contributed by atoms with E-state index >= 15 is 0 Å². The van der Waals surface area contributed by atoms with Crippen LogP contribution in [-0.4, -0.2) is 36.6 Å². The van der Waals surface area contributed by atoms with Crippen molar-refractivity contribution in [2.45, 2.75) is 18.9 Å². The molecule has 1 fully saturated rings. The molecule has 6 nitrogen and oxygen atoms in total. The first-order valence-corrected chi connectivity index (χ1v) is 7.92. The molecule has 1 unspecified atom stereocenters. The molecular weight excluding hydrogens is 302 g/mol. The minimum Gasteiger partial charge on any atom is -0.493 e. The molecule has 116 valence electrons. The number of aromatic nitrogens is 2. The van der Waals surface area contributed by atoms with Gasteiger partial charge in [-0.1, -0.05) is 0 Å². The Labute approximate surface area is 132 Å². The highest BCUT2D eigenvalue weighted by atomic mass is 32.1. The summed E-state index contributed by atoms with van der Waals surface area (Å²) in [7, 11) is 3.22. The molecule has 0 radical (unpaired) electrons. The van der Waals surface area contributed by atoms with Crippen LogP contribution in [0.3, 0.4) is 0 Å².